The molecule has 2 aromatic heterocycles. The Morgan fingerprint density at radius 3 is 2.71 bits per heavy atom. The van der Waals surface area contributed by atoms with E-state index < -0.39 is 0 Å². The standard InChI is InChI=1S/C26H30N2O4S2/c1-4-18(2)28(26(30)24-9-6-13-33-24)16-25(29)27-12-10-23-21(11-14-34-23)22(27)17-32-20-8-5-7-19(15-20)31-3/h5-9,11,13-15,18,22H,4,10,12,16-17H2,1-3H3/t18-,22-/m1/s1. The van der Waals surface area contributed by atoms with E-state index in [-0.39, 0.29) is 30.4 Å². The normalized spacial score (nSPS) is 16.0. The number of ether oxygens (including phenoxy) is 2. The Morgan fingerprint density at radius 1 is 1.15 bits per heavy atom. The van der Waals surface area contributed by atoms with E-state index in [0.717, 1.165) is 24.2 Å². The van der Waals surface area contributed by atoms with E-state index >= 15 is 0 Å². The SMILES string of the molecule is CC[C@@H](C)N(CC(=O)N1CCc2sccc2[C@H]1COc1cccc(OC)c1)C(=O)c1cccs1. The zero-order chi connectivity index (χ0) is 24.1. The van der Waals surface area contributed by atoms with Crippen LogP contribution in [0.3, 0.4) is 0 Å². The number of amides is 2. The Hall–Kier alpha value is -2.84. The maximum atomic E-state index is 13.6. The zero-order valence-corrected chi connectivity index (χ0v) is 21.4. The van der Waals surface area contributed by atoms with E-state index in [1.54, 1.807) is 23.3 Å². The molecule has 1 aromatic carbocycles. The Balaban J connectivity index is 1.53. The highest BCUT2D eigenvalue weighted by atomic mass is 32.1. The molecule has 0 radical (unpaired) electrons. The van der Waals surface area contributed by atoms with Crippen molar-refractivity contribution in [3.8, 4) is 11.5 Å². The van der Waals surface area contributed by atoms with Crippen molar-refractivity contribution in [2.24, 2.45) is 0 Å². The first-order valence-corrected chi connectivity index (χ1v) is 13.2. The van der Waals surface area contributed by atoms with Crippen molar-refractivity contribution in [1.82, 2.24) is 9.80 Å². The average Bonchev–Trinajstić information content (AvgIpc) is 3.57. The van der Waals surface area contributed by atoms with Crippen LogP contribution in [0, 0.1) is 0 Å². The van der Waals surface area contributed by atoms with Crippen LogP contribution in [0.1, 0.15) is 46.4 Å². The molecule has 0 spiro atoms. The molecule has 0 N–H and O–H groups in total. The third kappa shape index (κ3) is 5.28. The number of rotatable bonds is 9. The van der Waals surface area contributed by atoms with Crippen LogP contribution in [0.15, 0.2) is 53.2 Å². The molecule has 0 unspecified atom stereocenters. The van der Waals surface area contributed by atoms with Crippen LogP contribution in [0.2, 0.25) is 0 Å². The lowest BCUT2D eigenvalue weighted by Crippen LogP contribution is -2.49. The number of benzene rings is 1. The molecule has 8 heteroatoms. The molecule has 0 fully saturated rings. The smallest absolute Gasteiger partial charge is 0.264 e. The molecule has 34 heavy (non-hydrogen) atoms. The van der Waals surface area contributed by atoms with Crippen molar-refractivity contribution in [2.45, 2.75) is 38.8 Å². The summed E-state index contributed by atoms with van der Waals surface area (Å²) in [6, 6.07) is 13.0. The van der Waals surface area contributed by atoms with Gasteiger partial charge in [-0.15, -0.1) is 22.7 Å². The minimum absolute atomic E-state index is 0.0356. The molecule has 2 amide bonds. The van der Waals surface area contributed by atoms with Gasteiger partial charge in [-0.3, -0.25) is 9.59 Å². The lowest BCUT2D eigenvalue weighted by molar-refractivity contribution is -0.136. The van der Waals surface area contributed by atoms with Gasteiger partial charge in [-0.1, -0.05) is 19.1 Å². The minimum Gasteiger partial charge on any atom is -0.497 e. The molecule has 2 atom stereocenters. The molecule has 0 saturated heterocycles. The Bertz CT molecular complexity index is 1110. The fourth-order valence-corrected chi connectivity index (χ4v) is 5.77. The molecule has 3 aromatic rings. The first-order chi connectivity index (χ1) is 16.5. The van der Waals surface area contributed by atoms with Crippen LogP contribution in [-0.4, -0.2) is 54.5 Å². The third-order valence-electron chi connectivity index (χ3n) is 6.29. The molecule has 1 aliphatic rings. The van der Waals surface area contributed by atoms with Gasteiger partial charge in [-0.2, -0.15) is 0 Å². The predicted octanol–water partition coefficient (Wildman–Crippen LogP) is 5.26. The number of thiophene rings is 2. The van der Waals surface area contributed by atoms with Gasteiger partial charge in [0.25, 0.3) is 5.91 Å². The Morgan fingerprint density at radius 2 is 1.97 bits per heavy atom. The first-order valence-electron chi connectivity index (χ1n) is 11.5. The van der Waals surface area contributed by atoms with Crippen LogP contribution >= 0.6 is 22.7 Å². The van der Waals surface area contributed by atoms with Crippen molar-refractivity contribution in [3.05, 3.63) is 68.5 Å². The van der Waals surface area contributed by atoms with E-state index in [9.17, 15) is 9.59 Å². The summed E-state index contributed by atoms with van der Waals surface area (Å²) in [7, 11) is 1.62. The van der Waals surface area contributed by atoms with Crippen molar-refractivity contribution in [3.63, 3.8) is 0 Å². The summed E-state index contributed by atoms with van der Waals surface area (Å²) in [6.45, 7) is 5.04. The zero-order valence-electron chi connectivity index (χ0n) is 19.7. The number of carbonyl (C=O) groups excluding carboxylic acids is 2. The van der Waals surface area contributed by atoms with Crippen molar-refractivity contribution < 1.29 is 19.1 Å². The van der Waals surface area contributed by atoms with E-state index in [1.807, 2.05) is 60.5 Å². The summed E-state index contributed by atoms with van der Waals surface area (Å²) in [6.07, 6.45) is 1.60. The number of methoxy groups -OCH3 is 1. The molecule has 0 bridgehead atoms. The number of hydrogen-bond acceptors (Lipinski definition) is 6. The number of nitrogens with zero attached hydrogens (tertiary/aromatic N) is 2. The number of hydrogen-bond donors (Lipinski definition) is 0. The lowest BCUT2D eigenvalue weighted by atomic mass is 10.00. The van der Waals surface area contributed by atoms with Gasteiger partial charge in [0.1, 0.15) is 24.7 Å². The molecular weight excluding hydrogens is 468 g/mol. The number of carbonyl (C=O) groups is 2. The van der Waals surface area contributed by atoms with Crippen LogP contribution in [-0.2, 0) is 11.2 Å². The summed E-state index contributed by atoms with van der Waals surface area (Å²) in [4.78, 5) is 32.3. The van der Waals surface area contributed by atoms with Crippen LogP contribution in [0.4, 0.5) is 0 Å². The third-order valence-corrected chi connectivity index (χ3v) is 8.14. The quantitative estimate of drug-likeness (QED) is 0.404. The monoisotopic (exact) mass is 498 g/mol. The van der Waals surface area contributed by atoms with Gasteiger partial charge in [0.05, 0.1) is 18.0 Å². The maximum absolute atomic E-state index is 13.6. The second-order valence-corrected chi connectivity index (χ2v) is 10.3. The van der Waals surface area contributed by atoms with Crippen molar-refractivity contribution in [2.75, 3.05) is 26.8 Å². The van der Waals surface area contributed by atoms with Gasteiger partial charge in [0.15, 0.2) is 0 Å². The predicted molar refractivity (Wildman–Crippen MR) is 136 cm³/mol. The molecule has 1 aliphatic heterocycles. The Kier molecular flexibility index (Phi) is 7.90. The van der Waals surface area contributed by atoms with Gasteiger partial charge < -0.3 is 19.3 Å². The van der Waals surface area contributed by atoms with Crippen molar-refractivity contribution in [1.29, 1.82) is 0 Å². The van der Waals surface area contributed by atoms with Gasteiger partial charge in [-0.05, 0) is 60.4 Å². The second-order valence-electron chi connectivity index (χ2n) is 8.31. The fraction of sp³-hybridized carbons (Fsp3) is 0.385. The van der Waals surface area contributed by atoms with Crippen LogP contribution < -0.4 is 9.47 Å². The highest BCUT2D eigenvalue weighted by molar-refractivity contribution is 7.12. The molecule has 180 valence electrons. The summed E-state index contributed by atoms with van der Waals surface area (Å²) in [5.41, 5.74) is 1.13. The lowest BCUT2D eigenvalue weighted by Gasteiger charge is -2.38. The van der Waals surface area contributed by atoms with E-state index in [4.69, 9.17) is 9.47 Å². The molecular formula is C26H30N2O4S2. The summed E-state index contributed by atoms with van der Waals surface area (Å²) < 4.78 is 11.4. The maximum Gasteiger partial charge on any atom is 0.264 e. The van der Waals surface area contributed by atoms with Gasteiger partial charge in [0.2, 0.25) is 5.91 Å². The molecule has 6 nitrogen and oxygen atoms in total. The summed E-state index contributed by atoms with van der Waals surface area (Å²) in [5, 5.41) is 3.96. The van der Waals surface area contributed by atoms with E-state index in [2.05, 4.69) is 11.4 Å². The fourth-order valence-electron chi connectivity index (χ4n) is 4.17. The largest absolute Gasteiger partial charge is 0.497 e. The average molecular weight is 499 g/mol. The van der Waals surface area contributed by atoms with Crippen molar-refractivity contribution >= 4 is 34.5 Å². The second kappa shape index (κ2) is 11.1. The topological polar surface area (TPSA) is 59.1 Å². The Labute approximate surface area is 208 Å². The highest BCUT2D eigenvalue weighted by Crippen LogP contribution is 2.34. The van der Waals surface area contributed by atoms with Gasteiger partial charge in [0, 0.05) is 23.5 Å². The molecule has 0 saturated carbocycles. The first kappa shape index (κ1) is 24.3. The van der Waals surface area contributed by atoms with E-state index in [0.29, 0.717) is 23.8 Å². The van der Waals surface area contributed by atoms with Gasteiger partial charge >= 0.3 is 0 Å². The molecule has 4 rings (SSSR count). The van der Waals surface area contributed by atoms with Crippen LogP contribution in [0.25, 0.3) is 0 Å². The molecule has 3 heterocycles. The van der Waals surface area contributed by atoms with Gasteiger partial charge in [-0.25, -0.2) is 0 Å². The summed E-state index contributed by atoms with van der Waals surface area (Å²) in [5.74, 6) is 1.28. The number of fused-ring (bicyclic) bond motifs is 1. The minimum atomic E-state index is -0.204. The molecule has 0 aliphatic carbocycles. The summed E-state index contributed by atoms with van der Waals surface area (Å²) >= 11 is 3.13. The van der Waals surface area contributed by atoms with Crippen LogP contribution in [0.5, 0.6) is 11.5 Å². The van der Waals surface area contributed by atoms with E-state index in [1.165, 1.54) is 16.2 Å². The highest BCUT2D eigenvalue weighted by Gasteiger charge is 2.34.